The van der Waals surface area contributed by atoms with Crippen LogP contribution in [-0.2, 0) is 0 Å². The topological polar surface area (TPSA) is 42.7 Å². The molecule has 5 rings (SSSR count). The fourth-order valence-electron chi connectivity index (χ4n) is 3.94. The third kappa shape index (κ3) is 2.75. The molecule has 0 saturated heterocycles. The zero-order valence-corrected chi connectivity index (χ0v) is 15.1. The second-order valence-corrected chi connectivity index (χ2v) is 6.93. The molecule has 1 heterocycles. The Bertz CT molecular complexity index is 1020. The number of hydrogen-bond acceptors (Lipinski definition) is 3. The first-order valence-corrected chi connectivity index (χ1v) is 9.20. The highest BCUT2D eigenvalue weighted by molar-refractivity contribution is 5.78. The largest absolute Gasteiger partial charge is 0.300 e. The van der Waals surface area contributed by atoms with Gasteiger partial charge in [-0.2, -0.15) is 5.10 Å². The van der Waals surface area contributed by atoms with Gasteiger partial charge in [0.2, 0.25) is 0 Å². The van der Waals surface area contributed by atoms with Gasteiger partial charge in [-0.3, -0.25) is 5.32 Å². The zero-order chi connectivity index (χ0) is 18.2. The molecule has 0 aliphatic heterocycles. The molecule has 1 aliphatic carbocycles. The lowest BCUT2D eigenvalue weighted by Gasteiger charge is -2.22. The van der Waals surface area contributed by atoms with E-state index in [0.717, 1.165) is 5.69 Å². The zero-order valence-electron chi connectivity index (χ0n) is 15.1. The quantitative estimate of drug-likeness (QED) is 0.579. The van der Waals surface area contributed by atoms with Crippen LogP contribution in [0, 0.1) is 0 Å². The van der Waals surface area contributed by atoms with Gasteiger partial charge in [-0.25, -0.2) is 9.67 Å². The lowest BCUT2D eigenvalue weighted by atomic mass is 10.0. The van der Waals surface area contributed by atoms with E-state index in [0.29, 0.717) is 0 Å². The monoisotopic (exact) mass is 352 g/mol. The molecule has 0 fully saturated rings. The summed E-state index contributed by atoms with van der Waals surface area (Å²) in [6.07, 6.45) is 3.26. The van der Waals surface area contributed by atoms with Gasteiger partial charge in [-0.1, -0.05) is 60.7 Å². The van der Waals surface area contributed by atoms with E-state index < -0.39 is 0 Å². The Kier molecular flexibility index (Phi) is 3.84. The van der Waals surface area contributed by atoms with Crippen LogP contribution in [0.25, 0.3) is 16.8 Å². The van der Waals surface area contributed by atoms with Gasteiger partial charge in [0.15, 0.2) is 0 Å². The van der Waals surface area contributed by atoms with Crippen LogP contribution in [0.3, 0.4) is 0 Å². The van der Waals surface area contributed by atoms with Crippen LogP contribution in [0.1, 0.15) is 35.7 Å². The van der Waals surface area contributed by atoms with Crippen LogP contribution in [0.2, 0.25) is 0 Å². The first kappa shape index (κ1) is 16.0. The van der Waals surface area contributed by atoms with Gasteiger partial charge < -0.3 is 0 Å². The summed E-state index contributed by atoms with van der Waals surface area (Å²) in [6, 6.07) is 26.3. The molecular formula is C23H20N4. The van der Waals surface area contributed by atoms with E-state index in [1.165, 1.54) is 27.8 Å². The van der Waals surface area contributed by atoms with Gasteiger partial charge in [-0.15, -0.1) is 0 Å². The van der Waals surface area contributed by atoms with Gasteiger partial charge in [0, 0.05) is 6.04 Å². The van der Waals surface area contributed by atoms with E-state index in [1.54, 1.807) is 17.3 Å². The maximum absolute atomic E-state index is 4.18. The van der Waals surface area contributed by atoms with Crippen molar-refractivity contribution in [3.05, 3.63) is 102 Å². The molecule has 132 valence electrons. The SMILES string of the molecule is C[C@H](NC1c2ccccc2-c2ccccc21)c1ccc(-n2cncn2)cc1. The predicted octanol–water partition coefficient (Wildman–Crippen LogP) is 4.69. The third-order valence-electron chi connectivity index (χ3n) is 5.33. The van der Waals surface area contributed by atoms with Gasteiger partial charge in [0.1, 0.15) is 12.7 Å². The minimum Gasteiger partial charge on any atom is -0.300 e. The first-order valence-electron chi connectivity index (χ1n) is 9.20. The molecule has 0 saturated carbocycles. The number of aromatic nitrogens is 3. The Labute approximate surface area is 158 Å². The van der Waals surface area contributed by atoms with Crippen molar-refractivity contribution in [2.75, 3.05) is 0 Å². The number of nitrogens with one attached hydrogen (secondary N) is 1. The molecule has 1 aromatic heterocycles. The van der Waals surface area contributed by atoms with Crippen LogP contribution in [0.5, 0.6) is 0 Å². The van der Waals surface area contributed by atoms with Crippen molar-refractivity contribution in [1.82, 2.24) is 20.1 Å². The van der Waals surface area contributed by atoms with Crippen molar-refractivity contribution in [2.24, 2.45) is 0 Å². The van der Waals surface area contributed by atoms with E-state index in [4.69, 9.17) is 0 Å². The molecule has 0 unspecified atom stereocenters. The number of nitrogens with zero attached hydrogens (tertiary/aromatic N) is 3. The van der Waals surface area contributed by atoms with Crippen molar-refractivity contribution in [3.63, 3.8) is 0 Å². The van der Waals surface area contributed by atoms with E-state index in [-0.39, 0.29) is 12.1 Å². The molecule has 1 aliphatic rings. The maximum Gasteiger partial charge on any atom is 0.138 e. The molecular weight excluding hydrogens is 332 g/mol. The molecule has 4 nitrogen and oxygen atoms in total. The second-order valence-electron chi connectivity index (χ2n) is 6.93. The van der Waals surface area contributed by atoms with Gasteiger partial charge in [0.05, 0.1) is 11.7 Å². The number of fused-ring (bicyclic) bond motifs is 3. The molecule has 4 aromatic rings. The highest BCUT2D eigenvalue weighted by Crippen LogP contribution is 2.43. The molecule has 0 spiro atoms. The van der Waals surface area contributed by atoms with Gasteiger partial charge in [0.25, 0.3) is 0 Å². The van der Waals surface area contributed by atoms with Crippen LogP contribution in [0.15, 0.2) is 85.5 Å². The molecule has 0 radical (unpaired) electrons. The normalized spacial score (nSPS) is 14.0. The Morgan fingerprint density at radius 1 is 0.852 bits per heavy atom. The molecule has 0 amide bonds. The number of benzene rings is 3. The lowest BCUT2D eigenvalue weighted by Crippen LogP contribution is -2.24. The minimum atomic E-state index is 0.211. The Hall–Kier alpha value is -3.24. The predicted molar refractivity (Wildman–Crippen MR) is 107 cm³/mol. The summed E-state index contributed by atoms with van der Waals surface area (Å²) in [5, 5.41) is 8.01. The number of rotatable bonds is 4. The Morgan fingerprint density at radius 3 is 2.07 bits per heavy atom. The molecule has 27 heavy (non-hydrogen) atoms. The lowest BCUT2D eigenvalue weighted by molar-refractivity contribution is 0.523. The first-order chi connectivity index (χ1) is 13.3. The highest BCUT2D eigenvalue weighted by atomic mass is 15.3. The summed E-state index contributed by atoms with van der Waals surface area (Å²) in [6.45, 7) is 2.22. The standard InChI is InChI=1S/C23H20N4/c1-16(17-10-12-18(13-11-17)27-15-24-14-25-27)26-23-21-8-4-2-6-19(21)20-7-3-5-9-22(20)23/h2-16,23,26H,1H3/t16-/m0/s1. The smallest absolute Gasteiger partial charge is 0.138 e. The van der Waals surface area contributed by atoms with Gasteiger partial charge in [-0.05, 0) is 46.9 Å². The highest BCUT2D eigenvalue weighted by Gasteiger charge is 2.28. The van der Waals surface area contributed by atoms with E-state index >= 15 is 0 Å². The molecule has 3 aromatic carbocycles. The molecule has 1 atom stereocenters. The van der Waals surface area contributed by atoms with Gasteiger partial charge >= 0.3 is 0 Å². The van der Waals surface area contributed by atoms with E-state index in [2.05, 4.69) is 95.1 Å². The fourth-order valence-corrected chi connectivity index (χ4v) is 3.94. The third-order valence-corrected chi connectivity index (χ3v) is 5.33. The average molecular weight is 352 g/mol. The van der Waals surface area contributed by atoms with Crippen LogP contribution in [0.4, 0.5) is 0 Å². The van der Waals surface area contributed by atoms with Crippen molar-refractivity contribution in [2.45, 2.75) is 19.0 Å². The Morgan fingerprint density at radius 2 is 1.48 bits per heavy atom. The van der Waals surface area contributed by atoms with Crippen LogP contribution >= 0.6 is 0 Å². The summed E-state index contributed by atoms with van der Waals surface area (Å²) < 4.78 is 1.77. The average Bonchev–Trinajstić information content (AvgIpc) is 3.36. The van der Waals surface area contributed by atoms with E-state index in [9.17, 15) is 0 Å². The van der Waals surface area contributed by atoms with Crippen LogP contribution < -0.4 is 5.32 Å². The minimum absolute atomic E-state index is 0.211. The molecule has 4 heteroatoms. The Balaban J connectivity index is 1.43. The van der Waals surface area contributed by atoms with Crippen molar-refractivity contribution < 1.29 is 0 Å². The fraction of sp³-hybridized carbons (Fsp3) is 0.130. The van der Waals surface area contributed by atoms with E-state index in [1.807, 2.05) is 0 Å². The molecule has 0 bridgehead atoms. The summed E-state index contributed by atoms with van der Waals surface area (Å²) in [5.41, 5.74) is 7.63. The number of hydrogen-bond donors (Lipinski definition) is 1. The maximum atomic E-state index is 4.18. The van der Waals surface area contributed by atoms with Crippen molar-refractivity contribution in [1.29, 1.82) is 0 Å². The van der Waals surface area contributed by atoms with Crippen molar-refractivity contribution in [3.8, 4) is 16.8 Å². The summed E-state index contributed by atoms with van der Waals surface area (Å²) >= 11 is 0. The molecule has 1 N–H and O–H groups in total. The second kappa shape index (κ2) is 6.49. The van der Waals surface area contributed by atoms with Crippen molar-refractivity contribution >= 4 is 0 Å². The van der Waals surface area contributed by atoms with Crippen LogP contribution in [-0.4, -0.2) is 14.8 Å². The summed E-state index contributed by atoms with van der Waals surface area (Å²) in [5.74, 6) is 0. The summed E-state index contributed by atoms with van der Waals surface area (Å²) in [7, 11) is 0. The summed E-state index contributed by atoms with van der Waals surface area (Å²) in [4.78, 5) is 4.01.